The summed E-state index contributed by atoms with van der Waals surface area (Å²) in [6.45, 7) is 0. The molecule has 348 valence electrons. The van der Waals surface area contributed by atoms with Gasteiger partial charge in [0.05, 0.1) is 34.1 Å². The van der Waals surface area contributed by atoms with Crippen molar-refractivity contribution < 1.29 is 8.83 Å². The molecule has 0 aliphatic heterocycles. The fourth-order valence-electron chi connectivity index (χ4n) is 11.0. The van der Waals surface area contributed by atoms with Gasteiger partial charge in [0.2, 0.25) is 0 Å². The smallest absolute Gasteiger partial charge is 0.159 e. The first-order valence-corrected chi connectivity index (χ1v) is 25.2. The van der Waals surface area contributed by atoms with Crippen molar-refractivity contribution in [2.45, 2.75) is 0 Å². The first kappa shape index (κ1) is 42.9. The molecule has 0 radical (unpaired) electrons. The normalized spacial score (nSPS) is 11.5. The molecule has 0 aliphatic rings. The fourth-order valence-corrected chi connectivity index (χ4v) is 11.0. The number of anilines is 6. The van der Waals surface area contributed by atoms with Crippen molar-refractivity contribution in [3.05, 3.63) is 279 Å². The topological polar surface area (TPSA) is 32.8 Å². The number of para-hydroxylation sites is 6. The van der Waals surface area contributed by atoms with E-state index in [1.54, 1.807) is 0 Å². The van der Waals surface area contributed by atoms with Crippen LogP contribution in [0, 0.1) is 0 Å². The van der Waals surface area contributed by atoms with Gasteiger partial charge < -0.3 is 18.6 Å². The average Bonchev–Trinajstić information content (AvgIpc) is 4.06. The Balaban J connectivity index is 1.10. The molecule has 12 aromatic carbocycles. The van der Waals surface area contributed by atoms with E-state index in [1.165, 1.54) is 0 Å². The summed E-state index contributed by atoms with van der Waals surface area (Å²) in [6, 6.07) is 99.7. The predicted molar refractivity (Wildman–Crippen MR) is 310 cm³/mol. The molecule has 2 heterocycles. The van der Waals surface area contributed by atoms with Gasteiger partial charge in [-0.1, -0.05) is 218 Å². The van der Waals surface area contributed by atoms with Gasteiger partial charge >= 0.3 is 0 Å². The lowest BCUT2D eigenvalue weighted by atomic mass is 9.92. The van der Waals surface area contributed by atoms with Gasteiger partial charge in [-0.25, -0.2) is 0 Å². The molecule has 2 aromatic heterocycles. The molecule has 0 atom stereocenters. The zero-order valence-electron chi connectivity index (χ0n) is 40.3. The number of furan rings is 2. The summed E-state index contributed by atoms with van der Waals surface area (Å²) < 4.78 is 13.9. The second-order valence-corrected chi connectivity index (χ2v) is 18.8. The third-order valence-corrected chi connectivity index (χ3v) is 14.4. The van der Waals surface area contributed by atoms with Crippen molar-refractivity contribution in [2.75, 3.05) is 9.80 Å². The molecular formula is C70H46N2O2. The summed E-state index contributed by atoms with van der Waals surface area (Å²) in [5, 5.41) is 6.46. The van der Waals surface area contributed by atoms with Crippen molar-refractivity contribution in [2.24, 2.45) is 0 Å². The molecule has 4 nitrogen and oxygen atoms in total. The van der Waals surface area contributed by atoms with Crippen LogP contribution in [0.4, 0.5) is 34.1 Å². The molecule has 0 amide bonds. The maximum absolute atomic E-state index is 6.93. The van der Waals surface area contributed by atoms with Gasteiger partial charge in [-0.2, -0.15) is 0 Å². The molecule has 0 unspecified atom stereocenters. The van der Waals surface area contributed by atoms with E-state index in [4.69, 9.17) is 8.83 Å². The van der Waals surface area contributed by atoms with Crippen LogP contribution in [-0.2, 0) is 0 Å². The van der Waals surface area contributed by atoms with E-state index in [2.05, 4.69) is 277 Å². The third kappa shape index (κ3) is 7.31. The minimum atomic E-state index is 0.823. The minimum absolute atomic E-state index is 0.823. The molecule has 0 spiro atoms. The molecular weight excluding hydrogens is 901 g/mol. The van der Waals surface area contributed by atoms with Crippen LogP contribution in [0.15, 0.2) is 288 Å². The van der Waals surface area contributed by atoms with Crippen LogP contribution < -0.4 is 9.80 Å². The number of hydrogen-bond acceptors (Lipinski definition) is 4. The second kappa shape index (κ2) is 18.1. The van der Waals surface area contributed by atoms with Crippen LogP contribution >= 0.6 is 0 Å². The summed E-state index contributed by atoms with van der Waals surface area (Å²) >= 11 is 0. The average molecular weight is 947 g/mol. The van der Waals surface area contributed by atoms with Crippen LogP contribution in [0.2, 0.25) is 0 Å². The Kier molecular flexibility index (Phi) is 10.5. The quantitative estimate of drug-likeness (QED) is 0.137. The lowest BCUT2D eigenvalue weighted by molar-refractivity contribution is 0.668. The van der Waals surface area contributed by atoms with Gasteiger partial charge in [0.25, 0.3) is 0 Å². The number of benzene rings is 12. The van der Waals surface area contributed by atoms with Crippen LogP contribution in [-0.4, -0.2) is 0 Å². The standard InChI is InChI=1S/C70H46N2O2/c1-5-23-47(24-6-1)53-31-13-17-37-61(53)71(63-39-21-35-57-55-33-15-19-41-67(55)73-69(57)63)65-45-51-44-60(50-29-11-4-12-30-50)66(46-52(51)43-59(65)49-27-9-3-10-28-49)72(62-38-18-14-32-54(62)48-25-7-2-8-26-48)64-40-22-36-58-56-34-16-20-42-68(56)74-70(58)64/h1-46H. The molecule has 14 aromatic rings. The monoisotopic (exact) mass is 946 g/mol. The lowest BCUT2D eigenvalue weighted by Crippen LogP contribution is -2.14. The molecule has 0 aliphatic carbocycles. The summed E-state index contributed by atoms with van der Waals surface area (Å²) in [5.74, 6) is 0. The van der Waals surface area contributed by atoms with Crippen LogP contribution in [0.25, 0.3) is 99.2 Å². The highest BCUT2D eigenvalue weighted by atomic mass is 16.3. The van der Waals surface area contributed by atoms with Crippen LogP contribution in [0.1, 0.15) is 0 Å². The predicted octanol–water partition coefficient (Wildman–Crippen LogP) is 20.2. The van der Waals surface area contributed by atoms with E-state index in [-0.39, 0.29) is 0 Å². The molecule has 0 saturated carbocycles. The summed E-state index contributed by atoms with van der Waals surface area (Å²) in [6.07, 6.45) is 0. The molecule has 0 bridgehead atoms. The lowest BCUT2D eigenvalue weighted by Gasteiger charge is -2.32. The highest BCUT2D eigenvalue weighted by Gasteiger charge is 2.28. The number of hydrogen-bond donors (Lipinski definition) is 0. The Morgan fingerprint density at radius 3 is 0.932 bits per heavy atom. The van der Waals surface area contributed by atoms with E-state index in [9.17, 15) is 0 Å². The van der Waals surface area contributed by atoms with Crippen molar-refractivity contribution in [3.8, 4) is 44.5 Å². The maximum Gasteiger partial charge on any atom is 0.159 e. The number of nitrogens with zero attached hydrogens (tertiary/aromatic N) is 2. The first-order chi connectivity index (χ1) is 36.7. The fraction of sp³-hybridized carbons (Fsp3) is 0. The van der Waals surface area contributed by atoms with E-state index in [0.29, 0.717) is 0 Å². The summed E-state index contributed by atoms with van der Waals surface area (Å²) in [5.41, 5.74) is 18.1. The molecule has 0 saturated heterocycles. The van der Waals surface area contributed by atoms with Gasteiger partial charge in [-0.15, -0.1) is 0 Å². The second-order valence-electron chi connectivity index (χ2n) is 18.8. The summed E-state index contributed by atoms with van der Waals surface area (Å²) in [7, 11) is 0. The largest absolute Gasteiger partial charge is 0.454 e. The van der Waals surface area contributed by atoms with Crippen LogP contribution in [0.3, 0.4) is 0 Å². The van der Waals surface area contributed by atoms with Gasteiger partial charge in [0.1, 0.15) is 11.2 Å². The van der Waals surface area contributed by atoms with Gasteiger partial charge in [0.15, 0.2) is 11.2 Å². The highest BCUT2D eigenvalue weighted by Crippen LogP contribution is 2.52. The molecule has 0 N–H and O–H groups in total. The molecule has 74 heavy (non-hydrogen) atoms. The Morgan fingerprint density at radius 1 is 0.216 bits per heavy atom. The Morgan fingerprint density at radius 2 is 0.527 bits per heavy atom. The van der Waals surface area contributed by atoms with Crippen LogP contribution in [0.5, 0.6) is 0 Å². The zero-order chi connectivity index (χ0) is 49.0. The van der Waals surface area contributed by atoms with Crippen molar-refractivity contribution in [1.82, 2.24) is 0 Å². The molecule has 4 heteroatoms. The van der Waals surface area contributed by atoms with Gasteiger partial charge in [-0.3, -0.25) is 0 Å². The molecule has 0 fully saturated rings. The minimum Gasteiger partial charge on any atom is -0.454 e. The van der Waals surface area contributed by atoms with E-state index in [1.807, 2.05) is 12.1 Å². The maximum atomic E-state index is 6.93. The van der Waals surface area contributed by atoms with Crippen molar-refractivity contribution in [1.29, 1.82) is 0 Å². The van der Waals surface area contributed by atoms with E-state index in [0.717, 1.165) is 133 Å². The SMILES string of the molecule is c1ccc(-c2ccccc2N(c2cc3cc(-c4ccccc4)c(N(c4ccccc4-c4ccccc4)c4cccc5c4oc4ccccc45)cc3cc2-c2ccccc2)c2cccc3c2oc2ccccc23)cc1. The third-order valence-electron chi connectivity index (χ3n) is 14.4. The van der Waals surface area contributed by atoms with Gasteiger partial charge in [0, 0.05) is 43.8 Å². The highest BCUT2D eigenvalue weighted by molar-refractivity contribution is 6.14. The van der Waals surface area contributed by atoms with E-state index < -0.39 is 0 Å². The Bertz CT molecular complexity index is 4090. The van der Waals surface area contributed by atoms with E-state index >= 15 is 0 Å². The Labute approximate surface area is 428 Å². The zero-order valence-corrected chi connectivity index (χ0v) is 40.3. The van der Waals surface area contributed by atoms with Gasteiger partial charge in [-0.05, 0) is 93.7 Å². The molecule has 14 rings (SSSR count). The number of fused-ring (bicyclic) bond motifs is 7. The first-order valence-electron chi connectivity index (χ1n) is 25.2. The number of rotatable bonds is 10. The summed E-state index contributed by atoms with van der Waals surface area (Å²) in [4.78, 5) is 4.85. The van der Waals surface area contributed by atoms with Crippen molar-refractivity contribution in [3.63, 3.8) is 0 Å². The van der Waals surface area contributed by atoms with Crippen molar-refractivity contribution >= 4 is 88.8 Å². The Hall–Kier alpha value is -9.90.